The van der Waals surface area contributed by atoms with Crippen LogP contribution in [0.5, 0.6) is 0 Å². The standard InChI is InChI=1S/C26H22F4N6O/c1-14-10-11-32-25(26(29,30)18-6-7-21-17(23(18)28)13-35(3)33-21)36-22(14)9-8-20(34-36)15-4-5-16(19(27)12-15)24(37)31-2/h4-9,12-13H,10-11H2,1-3H3,(H,31,37). The predicted octanol–water partition coefficient (Wildman–Crippen LogP) is 4.66. The summed E-state index contributed by atoms with van der Waals surface area (Å²) in [5.41, 5.74) is 0.830. The van der Waals surface area contributed by atoms with Gasteiger partial charge < -0.3 is 5.32 Å². The molecule has 1 amide bonds. The molecule has 0 unspecified atom stereocenters. The van der Waals surface area contributed by atoms with Gasteiger partial charge in [-0.05, 0) is 55.3 Å². The van der Waals surface area contributed by atoms with Gasteiger partial charge in [0, 0.05) is 32.4 Å². The Kier molecular flexibility index (Phi) is 5.93. The maximum absolute atomic E-state index is 16.0. The lowest BCUT2D eigenvalue weighted by Gasteiger charge is -2.30. The molecule has 0 bridgehead atoms. The molecule has 0 atom stereocenters. The molecule has 190 valence electrons. The van der Waals surface area contributed by atoms with Crippen molar-refractivity contribution in [3.63, 3.8) is 0 Å². The van der Waals surface area contributed by atoms with Crippen LogP contribution in [0.15, 0.2) is 70.0 Å². The summed E-state index contributed by atoms with van der Waals surface area (Å²) < 4.78 is 63.3. The van der Waals surface area contributed by atoms with Crippen molar-refractivity contribution in [2.45, 2.75) is 19.3 Å². The summed E-state index contributed by atoms with van der Waals surface area (Å²) in [6.45, 7) is 1.84. The van der Waals surface area contributed by atoms with Gasteiger partial charge in [0.1, 0.15) is 11.6 Å². The number of carbonyl (C=O) groups is 1. The van der Waals surface area contributed by atoms with Gasteiger partial charge in [-0.25, -0.2) is 13.8 Å². The highest BCUT2D eigenvalue weighted by atomic mass is 19.3. The van der Waals surface area contributed by atoms with Crippen LogP contribution >= 0.6 is 0 Å². The molecule has 3 aromatic rings. The number of alkyl halides is 2. The fourth-order valence-corrected chi connectivity index (χ4v) is 4.35. The highest BCUT2D eigenvalue weighted by molar-refractivity contribution is 6.11. The SMILES string of the molecule is CNC(=O)c1ccc(C2=NN3C(C(F)(F)c4ccc5nn(C)cc5c4F)=NCCC(C)=C3C=C2)cc1F. The summed E-state index contributed by atoms with van der Waals surface area (Å²) >= 11 is 0. The Morgan fingerprint density at radius 2 is 1.92 bits per heavy atom. The minimum Gasteiger partial charge on any atom is -0.355 e. The second-order valence-corrected chi connectivity index (χ2v) is 8.76. The first kappa shape index (κ1) is 24.4. The number of rotatable bonds is 4. The molecule has 1 N–H and O–H groups in total. The van der Waals surface area contributed by atoms with Gasteiger partial charge in [0.2, 0.25) is 5.84 Å². The van der Waals surface area contributed by atoms with Gasteiger partial charge in [-0.1, -0.05) is 6.07 Å². The second-order valence-electron chi connectivity index (χ2n) is 8.76. The van der Waals surface area contributed by atoms with Gasteiger partial charge in [0.15, 0.2) is 0 Å². The van der Waals surface area contributed by atoms with Crippen molar-refractivity contribution < 1.29 is 22.4 Å². The zero-order chi connectivity index (χ0) is 26.5. The third-order valence-corrected chi connectivity index (χ3v) is 6.32. The molecule has 5 rings (SSSR count). The molecular weight excluding hydrogens is 488 g/mol. The van der Waals surface area contributed by atoms with E-state index in [4.69, 9.17) is 0 Å². The van der Waals surface area contributed by atoms with E-state index in [0.717, 1.165) is 22.7 Å². The number of fused-ring (bicyclic) bond motifs is 2. The maximum atomic E-state index is 16.0. The van der Waals surface area contributed by atoms with Crippen LogP contribution in [-0.2, 0) is 13.0 Å². The average Bonchev–Trinajstić information content (AvgIpc) is 3.18. The fraction of sp³-hybridized carbons (Fsp3) is 0.231. The number of carbonyl (C=O) groups excluding carboxylic acids is 1. The highest BCUT2D eigenvalue weighted by Crippen LogP contribution is 2.39. The molecule has 0 radical (unpaired) electrons. The number of hydrogen-bond acceptors (Lipinski definition) is 5. The Bertz CT molecular complexity index is 1570. The van der Waals surface area contributed by atoms with E-state index in [1.807, 2.05) is 0 Å². The van der Waals surface area contributed by atoms with Crippen LogP contribution in [0.25, 0.3) is 10.9 Å². The predicted molar refractivity (Wildman–Crippen MR) is 131 cm³/mol. The van der Waals surface area contributed by atoms with E-state index in [1.54, 1.807) is 26.1 Å². The number of allylic oxidation sites excluding steroid dienone is 2. The Morgan fingerprint density at radius 3 is 2.65 bits per heavy atom. The summed E-state index contributed by atoms with van der Waals surface area (Å²) in [7, 11) is 2.96. The highest BCUT2D eigenvalue weighted by Gasteiger charge is 2.46. The topological polar surface area (TPSA) is 74.9 Å². The zero-order valence-electron chi connectivity index (χ0n) is 20.2. The summed E-state index contributed by atoms with van der Waals surface area (Å²) in [6.07, 6.45) is 4.92. The van der Waals surface area contributed by atoms with Gasteiger partial charge in [0.05, 0.1) is 33.4 Å². The van der Waals surface area contributed by atoms with E-state index in [0.29, 0.717) is 12.1 Å². The Hall–Kier alpha value is -4.28. The second kappa shape index (κ2) is 8.99. The monoisotopic (exact) mass is 510 g/mol. The van der Waals surface area contributed by atoms with Crippen LogP contribution in [0.1, 0.15) is 34.8 Å². The third kappa shape index (κ3) is 4.09. The van der Waals surface area contributed by atoms with Crippen LogP contribution in [0, 0.1) is 11.6 Å². The van der Waals surface area contributed by atoms with E-state index < -0.39 is 34.9 Å². The Labute approximate surface area is 209 Å². The van der Waals surface area contributed by atoms with Crippen molar-refractivity contribution in [3.8, 4) is 0 Å². The molecule has 0 fully saturated rings. The fourth-order valence-electron chi connectivity index (χ4n) is 4.35. The van der Waals surface area contributed by atoms with Crippen LogP contribution in [-0.4, -0.2) is 45.8 Å². The summed E-state index contributed by atoms with van der Waals surface area (Å²) in [4.78, 5) is 16.0. The number of aliphatic imine (C=N–C) groups is 1. The number of hydrogen-bond donors (Lipinski definition) is 1. The van der Waals surface area contributed by atoms with E-state index in [-0.39, 0.29) is 34.3 Å². The van der Waals surface area contributed by atoms with Crippen LogP contribution in [0.2, 0.25) is 0 Å². The molecule has 3 heterocycles. The first-order valence-electron chi connectivity index (χ1n) is 11.5. The first-order chi connectivity index (χ1) is 17.6. The van der Waals surface area contributed by atoms with Crippen molar-refractivity contribution in [3.05, 3.63) is 88.3 Å². The molecule has 1 aromatic heterocycles. The number of aromatic nitrogens is 2. The number of nitrogens with zero attached hydrogens (tertiary/aromatic N) is 5. The first-order valence-corrected chi connectivity index (χ1v) is 11.5. The molecule has 0 aliphatic carbocycles. The number of hydrazone groups is 1. The van der Waals surface area contributed by atoms with Crippen LogP contribution in [0.3, 0.4) is 0 Å². The smallest absolute Gasteiger partial charge is 0.334 e. The number of halogens is 4. The maximum Gasteiger partial charge on any atom is 0.334 e. The molecule has 2 aromatic carbocycles. The number of benzene rings is 2. The molecule has 37 heavy (non-hydrogen) atoms. The summed E-state index contributed by atoms with van der Waals surface area (Å²) in [5, 5.41) is 11.8. The van der Waals surface area contributed by atoms with Crippen molar-refractivity contribution >= 4 is 28.4 Å². The molecule has 11 heteroatoms. The summed E-state index contributed by atoms with van der Waals surface area (Å²) in [6, 6.07) is 6.22. The zero-order valence-corrected chi connectivity index (χ0v) is 20.2. The Balaban J connectivity index is 1.60. The minimum absolute atomic E-state index is 0.0322. The van der Waals surface area contributed by atoms with Crippen molar-refractivity contribution in [1.82, 2.24) is 20.1 Å². The number of nitrogens with one attached hydrogen (secondary N) is 1. The lowest BCUT2D eigenvalue weighted by Crippen LogP contribution is -2.40. The molecule has 0 saturated heterocycles. The van der Waals surface area contributed by atoms with Gasteiger partial charge in [-0.2, -0.15) is 19.0 Å². The summed E-state index contributed by atoms with van der Waals surface area (Å²) in [5.74, 6) is -7.07. The van der Waals surface area contributed by atoms with E-state index >= 15 is 13.2 Å². The molecule has 0 saturated carbocycles. The largest absolute Gasteiger partial charge is 0.355 e. The van der Waals surface area contributed by atoms with Gasteiger partial charge >= 0.3 is 5.92 Å². The molecule has 7 nitrogen and oxygen atoms in total. The van der Waals surface area contributed by atoms with Crippen LogP contribution < -0.4 is 5.32 Å². The normalized spacial score (nSPS) is 15.9. The number of aryl methyl sites for hydroxylation is 1. The van der Waals surface area contributed by atoms with E-state index in [2.05, 4.69) is 20.5 Å². The van der Waals surface area contributed by atoms with E-state index in [9.17, 15) is 9.18 Å². The lowest BCUT2D eigenvalue weighted by molar-refractivity contribution is 0.0590. The van der Waals surface area contributed by atoms with E-state index in [1.165, 1.54) is 36.1 Å². The average molecular weight is 510 g/mol. The lowest BCUT2D eigenvalue weighted by atomic mass is 10.0. The van der Waals surface area contributed by atoms with Crippen molar-refractivity contribution in [1.29, 1.82) is 0 Å². The van der Waals surface area contributed by atoms with Gasteiger partial charge in [0.25, 0.3) is 5.91 Å². The molecular formula is C26H22F4N6O. The van der Waals surface area contributed by atoms with Gasteiger partial charge in [-0.3, -0.25) is 14.5 Å². The van der Waals surface area contributed by atoms with Crippen molar-refractivity contribution in [2.75, 3.05) is 13.6 Å². The third-order valence-electron chi connectivity index (χ3n) is 6.32. The minimum atomic E-state index is -3.85. The van der Waals surface area contributed by atoms with Crippen molar-refractivity contribution in [2.24, 2.45) is 17.1 Å². The molecule has 2 aliphatic rings. The van der Waals surface area contributed by atoms with Gasteiger partial charge in [-0.15, -0.1) is 0 Å². The molecule has 0 spiro atoms. The quantitative estimate of drug-likeness (QED) is 0.519. The Morgan fingerprint density at radius 1 is 1.14 bits per heavy atom. The number of amides is 1. The number of amidine groups is 1. The molecule has 2 aliphatic heterocycles. The van der Waals surface area contributed by atoms with Crippen LogP contribution in [0.4, 0.5) is 17.6 Å².